The molecule has 7 nitrogen and oxygen atoms in total. The molecule has 2 aromatic heterocycles. The van der Waals surface area contributed by atoms with Crippen LogP contribution in [0.3, 0.4) is 0 Å². The van der Waals surface area contributed by atoms with Crippen LogP contribution in [0.4, 0.5) is 0 Å². The van der Waals surface area contributed by atoms with Crippen molar-refractivity contribution in [1.82, 2.24) is 24.5 Å². The van der Waals surface area contributed by atoms with Crippen molar-refractivity contribution in [3.05, 3.63) is 90.3 Å². The topological polar surface area (TPSA) is 89.2 Å². The minimum atomic E-state index is -3.69. The second-order valence-electron chi connectivity index (χ2n) is 7.25. The van der Waals surface area contributed by atoms with Crippen LogP contribution in [0, 0.1) is 6.92 Å². The molecule has 0 aliphatic rings. The van der Waals surface area contributed by atoms with E-state index in [0.717, 1.165) is 27.6 Å². The summed E-state index contributed by atoms with van der Waals surface area (Å²) in [5.41, 5.74) is 3.32. The highest BCUT2D eigenvalue weighted by molar-refractivity contribution is 7.89. The molecule has 0 fully saturated rings. The predicted octanol–water partition coefficient (Wildman–Crippen LogP) is 3.73. The van der Waals surface area contributed by atoms with Crippen molar-refractivity contribution in [1.29, 1.82) is 0 Å². The van der Waals surface area contributed by atoms with Crippen molar-refractivity contribution in [2.45, 2.75) is 18.4 Å². The number of hydrogen-bond acceptors (Lipinski definition) is 5. The van der Waals surface area contributed by atoms with Crippen LogP contribution in [-0.4, -0.2) is 28.2 Å². The fourth-order valence-electron chi connectivity index (χ4n) is 3.50. The second-order valence-corrected chi connectivity index (χ2v) is 9.02. The fourth-order valence-corrected chi connectivity index (χ4v) is 4.48. The largest absolute Gasteiger partial charge is 0.240 e. The van der Waals surface area contributed by atoms with Crippen LogP contribution in [0.5, 0.6) is 0 Å². The number of rotatable bonds is 5. The molecule has 31 heavy (non-hydrogen) atoms. The first kappa shape index (κ1) is 19.3. The number of nitrogens with one attached hydrogen (secondary N) is 1. The molecule has 0 aliphatic carbocycles. The molecular weight excluding hydrogens is 410 g/mol. The van der Waals surface area contributed by atoms with E-state index in [-0.39, 0.29) is 11.4 Å². The van der Waals surface area contributed by atoms with E-state index in [4.69, 9.17) is 5.10 Å². The summed E-state index contributed by atoms with van der Waals surface area (Å²) in [5, 5.41) is 15.1. The number of aromatic nitrogens is 4. The normalized spacial score (nSPS) is 11.9. The van der Waals surface area contributed by atoms with Gasteiger partial charge in [-0.2, -0.15) is 9.61 Å². The van der Waals surface area contributed by atoms with E-state index in [1.54, 1.807) is 28.8 Å². The minimum absolute atomic E-state index is 0.0308. The average Bonchev–Trinajstić information content (AvgIpc) is 3.21. The van der Waals surface area contributed by atoms with Gasteiger partial charge in [0.1, 0.15) is 0 Å². The van der Waals surface area contributed by atoms with E-state index in [0.29, 0.717) is 11.5 Å². The minimum Gasteiger partial charge on any atom is -0.207 e. The molecule has 8 heteroatoms. The SMILES string of the molecule is Cc1ccc(S(=O)(=O)NCc2nnc3c4ccccc4c(-c4ccccc4)nn23)cc1. The highest BCUT2D eigenvalue weighted by Gasteiger charge is 2.18. The maximum Gasteiger partial charge on any atom is 0.240 e. The molecular formula is C23H19N5O2S. The van der Waals surface area contributed by atoms with Gasteiger partial charge in [-0.25, -0.2) is 13.1 Å². The summed E-state index contributed by atoms with van der Waals surface area (Å²) in [7, 11) is -3.69. The molecule has 0 atom stereocenters. The van der Waals surface area contributed by atoms with Crippen LogP contribution in [-0.2, 0) is 16.6 Å². The molecule has 0 unspecified atom stereocenters. The zero-order valence-electron chi connectivity index (χ0n) is 16.7. The summed E-state index contributed by atoms with van der Waals surface area (Å²) in [4.78, 5) is 0.204. The van der Waals surface area contributed by atoms with Gasteiger partial charge in [0.15, 0.2) is 11.5 Å². The molecule has 0 spiro atoms. The molecule has 5 aromatic rings. The van der Waals surface area contributed by atoms with Crippen LogP contribution in [0.1, 0.15) is 11.4 Å². The lowest BCUT2D eigenvalue weighted by Gasteiger charge is -2.09. The quantitative estimate of drug-likeness (QED) is 0.460. The van der Waals surface area contributed by atoms with Gasteiger partial charge in [-0.15, -0.1) is 10.2 Å². The highest BCUT2D eigenvalue weighted by atomic mass is 32.2. The van der Waals surface area contributed by atoms with Gasteiger partial charge < -0.3 is 0 Å². The van der Waals surface area contributed by atoms with Gasteiger partial charge in [0, 0.05) is 16.3 Å². The van der Waals surface area contributed by atoms with E-state index >= 15 is 0 Å². The van der Waals surface area contributed by atoms with Gasteiger partial charge in [-0.3, -0.25) is 0 Å². The van der Waals surface area contributed by atoms with Crippen LogP contribution in [0.25, 0.3) is 27.7 Å². The first-order valence-electron chi connectivity index (χ1n) is 9.78. The van der Waals surface area contributed by atoms with Crippen molar-refractivity contribution in [2.75, 3.05) is 0 Å². The molecule has 0 bridgehead atoms. The Morgan fingerprint density at radius 2 is 1.52 bits per heavy atom. The van der Waals surface area contributed by atoms with E-state index in [2.05, 4.69) is 14.9 Å². The molecule has 0 saturated heterocycles. The van der Waals surface area contributed by atoms with Crippen molar-refractivity contribution in [3.8, 4) is 11.3 Å². The third-order valence-electron chi connectivity index (χ3n) is 5.13. The molecule has 0 aliphatic heterocycles. The molecule has 5 rings (SSSR count). The monoisotopic (exact) mass is 429 g/mol. The Morgan fingerprint density at radius 3 is 2.26 bits per heavy atom. The van der Waals surface area contributed by atoms with Crippen LogP contribution >= 0.6 is 0 Å². The molecule has 154 valence electrons. The third kappa shape index (κ3) is 3.56. The summed E-state index contributed by atoms with van der Waals surface area (Å²) in [5.74, 6) is 0.411. The Morgan fingerprint density at radius 1 is 0.839 bits per heavy atom. The fraction of sp³-hybridized carbons (Fsp3) is 0.0870. The number of hydrogen-bond donors (Lipinski definition) is 1. The molecule has 3 aromatic carbocycles. The summed E-state index contributed by atoms with van der Waals surface area (Å²) in [6.45, 7) is 1.88. The molecule has 0 amide bonds. The molecule has 0 saturated carbocycles. The summed E-state index contributed by atoms with van der Waals surface area (Å²) >= 11 is 0. The number of nitrogens with zero attached hydrogens (tertiary/aromatic N) is 4. The average molecular weight is 430 g/mol. The number of sulfonamides is 1. The standard InChI is InChI=1S/C23H19N5O2S/c1-16-11-13-18(14-12-16)31(29,30)24-15-21-25-26-23-20-10-6-5-9-19(20)22(27-28(21)23)17-7-3-2-4-8-17/h2-14,24H,15H2,1H3. The Hall–Kier alpha value is -3.62. The van der Waals surface area contributed by atoms with Crippen LogP contribution in [0.15, 0.2) is 83.8 Å². The van der Waals surface area contributed by atoms with E-state index in [9.17, 15) is 8.42 Å². The molecule has 2 heterocycles. The van der Waals surface area contributed by atoms with Crippen molar-refractivity contribution < 1.29 is 8.42 Å². The van der Waals surface area contributed by atoms with Crippen LogP contribution in [0.2, 0.25) is 0 Å². The van der Waals surface area contributed by atoms with E-state index in [1.807, 2.05) is 61.5 Å². The maximum absolute atomic E-state index is 12.7. The van der Waals surface area contributed by atoms with Crippen LogP contribution < -0.4 is 4.72 Å². The zero-order chi connectivity index (χ0) is 21.4. The lowest BCUT2D eigenvalue weighted by Crippen LogP contribution is -2.24. The van der Waals surface area contributed by atoms with Gasteiger partial charge >= 0.3 is 0 Å². The summed E-state index contributed by atoms with van der Waals surface area (Å²) in [6, 6.07) is 24.4. The van der Waals surface area contributed by atoms with E-state index < -0.39 is 10.0 Å². The van der Waals surface area contributed by atoms with Gasteiger partial charge in [0.25, 0.3) is 0 Å². The summed E-state index contributed by atoms with van der Waals surface area (Å²) < 4.78 is 29.6. The number of benzene rings is 3. The highest BCUT2D eigenvalue weighted by Crippen LogP contribution is 2.28. The Balaban J connectivity index is 1.58. The lowest BCUT2D eigenvalue weighted by atomic mass is 10.1. The molecule has 0 radical (unpaired) electrons. The second kappa shape index (κ2) is 7.57. The Kier molecular flexibility index (Phi) is 4.72. The van der Waals surface area contributed by atoms with Gasteiger partial charge in [0.2, 0.25) is 10.0 Å². The van der Waals surface area contributed by atoms with Gasteiger partial charge in [-0.05, 0) is 19.1 Å². The van der Waals surface area contributed by atoms with Gasteiger partial charge in [-0.1, -0.05) is 72.3 Å². The first-order valence-corrected chi connectivity index (χ1v) is 11.3. The smallest absolute Gasteiger partial charge is 0.207 e. The van der Waals surface area contributed by atoms with E-state index in [1.165, 1.54) is 0 Å². The maximum atomic E-state index is 12.7. The summed E-state index contributed by atoms with van der Waals surface area (Å²) in [6.07, 6.45) is 0. The van der Waals surface area contributed by atoms with Gasteiger partial charge in [0.05, 0.1) is 17.1 Å². The molecule has 1 N–H and O–H groups in total. The van der Waals surface area contributed by atoms with Crippen molar-refractivity contribution >= 4 is 26.4 Å². The predicted molar refractivity (Wildman–Crippen MR) is 119 cm³/mol. The first-order chi connectivity index (χ1) is 15.0. The number of aryl methyl sites for hydroxylation is 1. The Bertz CT molecular complexity index is 1490. The lowest BCUT2D eigenvalue weighted by molar-refractivity contribution is 0.578. The zero-order valence-corrected chi connectivity index (χ0v) is 17.5. The Labute approximate surface area is 179 Å². The number of fused-ring (bicyclic) bond motifs is 3. The van der Waals surface area contributed by atoms with Crippen molar-refractivity contribution in [3.63, 3.8) is 0 Å². The van der Waals surface area contributed by atoms with Crippen molar-refractivity contribution in [2.24, 2.45) is 0 Å². The third-order valence-corrected chi connectivity index (χ3v) is 6.54.